The van der Waals surface area contributed by atoms with Gasteiger partial charge in [-0.25, -0.2) is 4.79 Å². The first-order valence-electron chi connectivity index (χ1n) is 10.8. The molecular weight excluding hydrogens is 524 g/mol. The van der Waals surface area contributed by atoms with Crippen molar-refractivity contribution in [1.29, 1.82) is 0 Å². The van der Waals surface area contributed by atoms with E-state index in [4.69, 9.17) is 16.3 Å². The van der Waals surface area contributed by atoms with Crippen LogP contribution in [0.3, 0.4) is 0 Å². The zero-order valence-electron chi connectivity index (χ0n) is 18.1. The molecule has 1 heterocycles. The monoisotopic (exact) mass is 542 g/mol. The van der Waals surface area contributed by atoms with Crippen LogP contribution in [0.25, 0.3) is 0 Å². The fourth-order valence-corrected chi connectivity index (χ4v) is 5.71. The molecule has 2 fully saturated rings. The molecule has 1 N–H and O–H groups in total. The highest BCUT2D eigenvalue weighted by molar-refractivity contribution is 9.10. The van der Waals surface area contributed by atoms with Crippen molar-refractivity contribution in [2.45, 2.75) is 13.3 Å². The molecule has 2 aromatic rings. The number of imide groups is 1. The summed E-state index contributed by atoms with van der Waals surface area (Å²) in [5.74, 6) is -1.85. The number of amides is 3. The van der Waals surface area contributed by atoms with Crippen molar-refractivity contribution < 1.29 is 23.9 Å². The summed E-state index contributed by atoms with van der Waals surface area (Å²) in [6, 6.07) is 9.45. The third kappa shape index (κ3) is 3.84. The molecule has 1 aliphatic heterocycles. The summed E-state index contributed by atoms with van der Waals surface area (Å²) in [4.78, 5) is 51.7. The van der Waals surface area contributed by atoms with E-state index >= 15 is 0 Å². The van der Waals surface area contributed by atoms with Crippen LogP contribution < -0.4 is 10.2 Å². The van der Waals surface area contributed by atoms with Crippen molar-refractivity contribution in [2.75, 3.05) is 16.8 Å². The molecular formula is C25H20BrClN2O5. The van der Waals surface area contributed by atoms with Gasteiger partial charge in [0.1, 0.15) is 0 Å². The average molecular weight is 544 g/mol. The standard InChI is InChI=1S/C25H20BrClN2O5/c1-12-8-17(26)18(27)10-19(12)28-20(30)11-34-25(33)13-4-6-16(7-5-13)29-23(31)21-14-2-3-15(9-14)22(21)24(29)32/h2-8,10,14-15,21-22H,9,11H2,1H3,(H,28,30)/t14-,15-,21-,22-/m0/s1. The number of nitrogens with zero attached hydrogens (tertiary/aromatic N) is 1. The third-order valence-corrected chi connectivity index (χ3v) is 7.90. The number of anilines is 2. The van der Waals surface area contributed by atoms with Gasteiger partial charge in [0.25, 0.3) is 5.91 Å². The molecule has 2 bridgehead atoms. The Morgan fingerprint density at radius 3 is 2.32 bits per heavy atom. The fraction of sp³-hybridized carbons (Fsp3) is 0.280. The smallest absolute Gasteiger partial charge is 0.338 e. The van der Waals surface area contributed by atoms with E-state index in [1.165, 1.54) is 17.0 Å². The molecule has 2 aliphatic carbocycles. The van der Waals surface area contributed by atoms with Crippen LogP contribution in [0.2, 0.25) is 5.02 Å². The lowest BCUT2D eigenvalue weighted by Crippen LogP contribution is -2.32. The van der Waals surface area contributed by atoms with Crippen molar-refractivity contribution in [3.05, 3.63) is 69.2 Å². The molecule has 4 atom stereocenters. The highest BCUT2D eigenvalue weighted by Gasteiger charge is 2.59. The van der Waals surface area contributed by atoms with Gasteiger partial charge in [0.15, 0.2) is 6.61 Å². The van der Waals surface area contributed by atoms with Gasteiger partial charge in [0, 0.05) is 10.2 Å². The Morgan fingerprint density at radius 2 is 1.71 bits per heavy atom. The zero-order valence-corrected chi connectivity index (χ0v) is 20.4. The van der Waals surface area contributed by atoms with E-state index in [2.05, 4.69) is 21.2 Å². The maximum Gasteiger partial charge on any atom is 0.338 e. The summed E-state index contributed by atoms with van der Waals surface area (Å²) < 4.78 is 5.82. The maximum absolute atomic E-state index is 12.9. The van der Waals surface area contributed by atoms with Crippen molar-refractivity contribution in [1.82, 2.24) is 0 Å². The van der Waals surface area contributed by atoms with Gasteiger partial charge in [-0.3, -0.25) is 19.3 Å². The van der Waals surface area contributed by atoms with Crippen LogP contribution in [0.5, 0.6) is 0 Å². The number of rotatable bonds is 5. The second-order valence-electron chi connectivity index (χ2n) is 8.76. The molecule has 3 amide bonds. The molecule has 34 heavy (non-hydrogen) atoms. The zero-order chi connectivity index (χ0) is 24.1. The molecule has 7 nitrogen and oxygen atoms in total. The Hall–Kier alpha value is -2.97. The van der Waals surface area contributed by atoms with E-state index in [1.807, 2.05) is 19.1 Å². The first-order chi connectivity index (χ1) is 16.2. The van der Waals surface area contributed by atoms with Gasteiger partial charge in [-0.05, 0) is 83.1 Å². The van der Waals surface area contributed by atoms with Gasteiger partial charge in [-0.15, -0.1) is 0 Å². The summed E-state index contributed by atoms with van der Waals surface area (Å²) in [5.41, 5.74) is 1.96. The van der Waals surface area contributed by atoms with Crippen LogP contribution in [0.15, 0.2) is 53.0 Å². The predicted octanol–water partition coefficient (Wildman–Crippen LogP) is 4.52. The Morgan fingerprint density at radius 1 is 1.09 bits per heavy atom. The minimum absolute atomic E-state index is 0.133. The van der Waals surface area contributed by atoms with E-state index < -0.39 is 18.5 Å². The number of aryl methyl sites for hydroxylation is 1. The van der Waals surface area contributed by atoms with Gasteiger partial charge in [0.2, 0.25) is 11.8 Å². The second-order valence-corrected chi connectivity index (χ2v) is 10.0. The molecule has 3 aliphatic rings. The maximum atomic E-state index is 12.9. The number of ether oxygens (including phenoxy) is 1. The number of esters is 1. The van der Waals surface area contributed by atoms with Crippen LogP contribution >= 0.6 is 27.5 Å². The highest BCUT2D eigenvalue weighted by atomic mass is 79.9. The number of allylic oxidation sites excluding steroid dienone is 2. The van der Waals surface area contributed by atoms with Gasteiger partial charge in [-0.2, -0.15) is 0 Å². The van der Waals surface area contributed by atoms with Gasteiger partial charge < -0.3 is 10.1 Å². The highest BCUT2D eigenvalue weighted by Crippen LogP contribution is 2.53. The summed E-state index contributed by atoms with van der Waals surface area (Å²) in [7, 11) is 0. The normalized spacial score (nSPS) is 24.5. The third-order valence-electron chi connectivity index (χ3n) is 6.71. The molecule has 0 unspecified atom stereocenters. The van der Waals surface area contributed by atoms with E-state index in [1.54, 1.807) is 24.3 Å². The SMILES string of the molecule is Cc1cc(Br)c(Cl)cc1NC(=O)COC(=O)c1ccc(N2C(=O)[C@@H]3[C@@H](C2=O)[C@H]2C=C[C@H]3C2)cc1. The van der Waals surface area contributed by atoms with Crippen molar-refractivity contribution >= 4 is 62.6 Å². The molecule has 5 rings (SSSR count). The Balaban J connectivity index is 1.20. The molecule has 0 aromatic heterocycles. The first kappa shape index (κ1) is 22.8. The largest absolute Gasteiger partial charge is 0.452 e. The minimum Gasteiger partial charge on any atom is -0.452 e. The molecule has 9 heteroatoms. The van der Waals surface area contributed by atoms with Gasteiger partial charge in [0.05, 0.1) is 28.1 Å². The van der Waals surface area contributed by atoms with Crippen LogP contribution in [0.1, 0.15) is 22.3 Å². The number of benzene rings is 2. The number of carbonyl (C=O) groups is 4. The molecule has 0 spiro atoms. The number of hydrogen-bond donors (Lipinski definition) is 1. The van der Waals surface area contributed by atoms with E-state index in [0.29, 0.717) is 20.9 Å². The number of nitrogens with one attached hydrogen (secondary N) is 1. The molecule has 2 aromatic carbocycles. The Labute approximate surface area is 209 Å². The second kappa shape index (κ2) is 8.67. The first-order valence-corrected chi connectivity index (χ1v) is 12.0. The van der Waals surface area contributed by atoms with E-state index in [0.717, 1.165) is 12.0 Å². The number of hydrogen-bond acceptors (Lipinski definition) is 5. The van der Waals surface area contributed by atoms with E-state index in [-0.39, 0.29) is 41.0 Å². The molecule has 1 saturated carbocycles. The van der Waals surface area contributed by atoms with Crippen LogP contribution in [-0.2, 0) is 19.1 Å². The summed E-state index contributed by atoms with van der Waals surface area (Å²) >= 11 is 9.39. The van der Waals surface area contributed by atoms with Crippen molar-refractivity contribution in [3.63, 3.8) is 0 Å². The van der Waals surface area contributed by atoms with Crippen molar-refractivity contribution in [3.8, 4) is 0 Å². The fourth-order valence-electron chi connectivity index (χ4n) is 5.09. The lowest BCUT2D eigenvalue weighted by atomic mass is 9.85. The lowest BCUT2D eigenvalue weighted by Gasteiger charge is -2.17. The summed E-state index contributed by atoms with van der Waals surface area (Å²) in [5, 5.41) is 3.11. The number of halogens is 2. The van der Waals surface area contributed by atoms with E-state index in [9.17, 15) is 19.2 Å². The van der Waals surface area contributed by atoms with Crippen LogP contribution in [0.4, 0.5) is 11.4 Å². The minimum atomic E-state index is -0.689. The molecule has 174 valence electrons. The Kier molecular flexibility index (Phi) is 5.81. The van der Waals surface area contributed by atoms with Crippen LogP contribution in [0, 0.1) is 30.6 Å². The number of carbonyl (C=O) groups excluding carboxylic acids is 4. The topological polar surface area (TPSA) is 92.8 Å². The van der Waals surface area contributed by atoms with Crippen molar-refractivity contribution in [2.24, 2.45) is 23.7 Å². The predicted molar refractivity (Wildman–Crippen MR) is 129 cm³/mol. The van der Waals surface area contributed by atoms with Gasteiger partial charge >= 0.3 is 5.97 Å². The molecule has 1 saturated heterocycles. The quantitative estimate of drug-likeness (QED) is 0.340. The lowest BCUT2D eigenvalue weighted by molar-refractivity contribution is -0.123. The van der Waals surface area contributed by atoms with Gasteiger partial charge in [-0.1, -0.05) is 23.8 Å². The molecule has 0 radical (unpaired) electrons. The Bertz CT molecular complexity index is 1230. The average Bonchev–Trinajstić information content (AvgIpc) is 3.49. The summed E-state index contributed by atoms with van der Waals surface area (Å²) in [6.45, 7) is 1.34. The summed E-state index contributed by atoms with van der Waals surface area (Å²) in [6.07, 6.45) is 4.96. The van der Waals surface area contributed by atoms with Crippen LogP contribution in [-0.4, -0.2) is 30.3 Å². The number of fused-ring (bicyclic) bond motifs is 5.